The molecule has 3 nitrogen and oxygen atoms in total. The summed E-state index contributed by atoms with van der Waals surface area (Å²) in [7, 11) is 3.85. The fraction of sp³-hybridized carbons (Fsp3) is 0.444. The molecule has 0 radical (unpaired) electrons. The first-order valence-corrected chi connectivity index (χ1v) is 4.05. The maximum absolute atomic E-state index is 4.31. The van der Waals surface area contributed by atoms with Crippen LogP contribution < -0.4 is 5.32 Å². The zero-order valence-corrected chi connectivity index (χ0v) is 7.62. The van der Waals surface area contributed by atoms with Gasteiger partial charge in [-0.2, -0.15) is 5.10 Å². The van der Waals surface area contributed by atoms with E-state index < -0.39 is 0 Å². The molecule has 1 rings (SSSR count). The fourth-order valence-corrected chi connectivity index (χ4v) is 1.17. The lowest BCUT2D eigenvalue weighted by Gasteiger charge is -2.09. The van der Waals surface area contributed by atoms with Crippen molar-refractivity contribution in [2.75, 3.05) is 7.05 Å². The van der Waals surface area contributed by atoms with Gasteiger partial charge in [-0.3, -0.25) is 4.68 Å². The molecule has 12 heavy (non-hydrogen) atoms. The highest BCUT2D eigenvalue weighted by molar-refractivity contribution is 5.06. The quantitative estimate of drug-likeness (QED) is 0.681. The Bertz CT molecular complexity index is 252. The molecule has 0 aliphatic rings. The summed E-state index contributed by atoms with van der Waals surface area (Å²) in [6, 6.07) is 2.31. The Hall–Kier alpha value is -1.09. The second-order valence-corrected chi connectivity index (χ2v) is 2.78. The van der Waals surface area contributed by atoms with Crippen LogP contribution in [0.1, 0.15) is 18.2 Å². The summed E-state index contributed by atoms with van der Waals surface area (Å²) in [5.74, 6) is 0. The van der Waals surface area contributed by atoms with Crippen LogP contribution in [0.25, 0.3) is 0 Å². The third-order valence-electron chi connectivity index (χ3n) is 1.84. The molecule has 0 fully saturated rings. The number of aryl methyl sites for hydroxylation is 1. The van der Waals surface area contributed by atoms with Gasteiger partial charge in [0.05, 0.1) is 11.7 Å². The predicted molar refractivity (Wildman–Crippen MR) is 49.8 cm³/mol. The van der Waals surface area contributed by atoms with Crippen molar-refractivity contribution in [3.63, 3.8) is 0 Å². The average molecular weight is 165 g/mol. The van der Waals surface area contributed by atoms with E-state index in [1.54, 1.807) is 0 Å². The molecule has 1 atom stereocenters. The van der Waals surface area contributed by atoms with Crippen LogP contribution in [0.2, 0.25) is 0 Å². The minimum Gasteiger partial charge on any atom is -0.311 e. The molecule has 1 N–H and O–H groups in total. The van der Waals surface area contributed by atoms with Gasteiger partial charge in [0.1, 0.15) is 0 Å². The number of hydrogen-bond donors (Lipinski definition) is 1. The summed E-state index contributed by atoms with van der Waals surface area (Å²) in [5.41, 5.74) is 1.07. The fourth-order valence-electron chi connectivity index (χ4n) is 1.17. The Balaban J connectivity index is 2.72. The van der Waals surface area contributed by atoms with Crippen molar-refractivity contribution in [3.05, 3.63) is 30.6 Å². The lowest BCUT2D eigenvalue weighted by molar-refractivity contribution is 0.572. The van der Waals surface area contributed by atoms with E-state index in [1.807, 2.05) is 37.1 Å². The smallest absolute Gasteiger partial charge is 0.0796 e. The number of hydrogen-bond acceptors (Lipinski definition) is 2. The SMILES string of the molecule is C=CCC(NC)c1ccn(C)n1. The minimum atomic E-state index is 0.295. The molecule has 0 aliphatic carbocycles. The van der Waals surface area contributed by atoms with E-state index in [9.17, 15) is 0 Å². The van der Waals surface area contributed by atoms with Crippen molar-refractivity contribution in [2.24, 2.45) is 7.05 Å². The van der Waals surface area contributed by atoms with Gasteiger partial charge in [0, 0.05) is 13.2 Å². The maximum atomic E-state index is 4.31. The maximum Gasteiger partial charge on any atom is 0.0796 e. The van der Waals surface area contributed by atoms with Crippen molar-refractivity contribution in [1.29, 1.82) is 0 Å². The highest BCUT2D eigenvalue weighted by Crippen LogP contribution is 2.13. The first-order chi connectivity index (χ1) is 5.77. The van der Waals surface area contributed by atoms with Crippen molar-refractivity contribution in [3.8, 4) is 0 Å². The lowest BCUT2D eigenvalue weighted by atomic mass is 10.1. The molecule has 0 bridgehead atoms. The van der Waals surface area contributed by atoms with Gasteiger partial charge in [-0.15, -0.1) is 6.58 Å². The molecule has 1 aromatic rings. The van der Waals surface area contributed by atoms with Crippen LogP contribution in [0.3, 0.4) is 0 Å². The second kappa shape index (κ2) is 4.07. The van der Waals surface area contributed by atoms with E-state index in [0.717, 1.165) is 12.1 Å². The third-order valence-corrected chi connectivity index (χ3v) is 1.84. The summed E-state index contributed by atoms with van der Waals surface area (Å²) in [4.78, 5) is 0. The van der Waals surface area contributed by atoms with Gasteiger partial charge < -0.3 is 5.32 Å². The zero-order valence-electron chi connectivity index (χ0n) is 7.62. The predicted octanol–water partition coefficient (Wildman–Crippen LogP) is 1.26. The average Bonchev–Trinajstić information content (AvgIpc) is 2.47. The van der Waals surface area contributed by atoms with Crippen molar-refractivity contribution in [2.45, 2.75) is 12.5 Å². The number of nitrogens with one attached hydrogen (secondary N) is 1. The molecular weight excluding hydrogens is 150 g/mol. The number of nitrogens with zero attached hydrogens (tertiary/aromatic N) is 2. The Morgan fingerprint density at radius 3 is 3.00 bits per heavy atom. The van der Waals surface area contributed by atoms with E-state index >= 15 is 0 Å². The molecule has 66 valence electrons. The van der Waals surface area contributed by atoms with Gasteiger partial charge in [-0.1, -0.05) is 6.08 Å². The highest BCUT2D eigenvalue weighted by atomic mass is 15.3. The molecule has 0 amide bonds. The van der Waals surface area contributed by atoms with Gasteiger partial charge in [0.2, 0.25) is 0 Å². The first-order valence-electron chi connectivity index (χ1n) is 4.05. The van der Waals surface area contributed by atoms with Crippen LogP contribution in [0, 0.1) is 0 Å². The van der Waals surface area contributed by atoms with E-state index in [1.165, 1.54) is 0 Å². The van der Waals surface area contributed by atoms with Gasteiger partial charge in [-0.05, 0) is 19.5 Å². The molecule has 0 aliphatic heterocycles. The second-order valence-electron chi connectivity index (χ2n) is 2.78. The van der Waals surface area contributed by atoms with Crippen LogP contribution >= 0.6 is 0 Å². The summed E-state index contributed by atoms with van der Waals surface area (Å²) in [5, 5.41) is 7.49. The standard InChI is InChI=1S/C9H15N3/c1-4-5-8(10-2)9-6-7-12(3)11-9/h4,6-8,10H,1,5H2,2-3H3. The summed E-state index contributed by atoms with van der Waals surface area (Å²) in [6.45, 7) is 3.71. The van der Waals surface area contributed by atoms with Gasteiger partial charge in [0.25, 0.3) is 0 Å². The summed E-state index contributed by atoms with van der Waals surface area (Å²) >= 11 is 0. The van der Waals surface area contributed by atoms with Gasteiger partial charge in [0.15, 0.2) is 0 Å². The molecule has 1 unspecified atom stereocenters. The van der Waals surface area contributed by atoms with Gasteiger partial charge >= 0.3 is 0 Å². The normalized spacial score (nSPS) is 12.8. The molecular formula is C9H15N3. The highest BCUT2D eigenvalue weighted by Gasteiger charge is 2.08. The van der Waals surface area contributed by atoms with Crippen LogP contribution in [0.4, 0.5) is 0 Å². The minimum absolute atomic E-state index is 0.295. The van der Waals surface area contributed by atoms with Crippen LogP contribution in [-0.2, 0) is 7.05 Å². The Morgan fingerprint density at radius 1 is 1.83 bits per heavy atom. The van der Waals surface area contributed by atoms with E-state index in [-0.39, 0.29) is 0 Å². The van der Waals surface area contributed by atoms with Crippen molar-refractivity contribution in [1.82, 2.24) is 15.1 Å². The topological polar surface area (TPSA) is 29.9 Å². The lowest BCUT2D eigenvalue weighted by Crippen LogP contribution is -2.16. The largest absolute Gasteiger partial charge is 0.311 e. The Morgan fingerprint density at radius 2 is 2.58 bits per heavy atom. The van der Waals surface area contributed by atoms with E-state index in [0.29, 0.717) is 6.04 Å². The van der Waals surface area contributed by atoms with E-state index in [4.69, 9.17) is 0 Å². The summed E-state index contributed by atoms with van der Waals surface area (Å²) < 4.78 is 1.81. The van der Waals surface area contributed by atoms with Crippen molar-refractivity contribution >= 4 is 0 Å². The molecule has 1 aromatic heterocycles. The van der Waals surface area contributed by atoms with Gasteiger partial charge in [-0.25, -0.2) is 0 Å². The third kappa shape index (κ3) is 1.95. The van der Waals surface area contributed by atoms with E-state index in [2.05, 4.69) is 17.0 Å². The molecule has 1 heterocycles. The van der Waals surface area contributed by atoms with Crippen LogP contribution in [0.15, 0.2) is 24.9 Å². The molecule has 0 saturated carbocycles. The zero-order chi connectivity index (χ0) is 8.97. The van der Waals surface area contributed by atoms with Crippen LogP contribution in [-0.4, -0.2) is 16.8 Å². The molecule has 0 saturated heterocycles. The number of rotatable bonds is 4. The Labute approximate surface area is 73.1 Å². The molecule has 0 spiro atoms. The summed E-state index contributed by atoms with van der Waals surface area (Å²) in [6.07, 6.45) is 4.76. The number of aromatic nitrogens is 2. The van der Waals surface area contributed by atoms with Crippen molar-refractivity contribution < 1.29 is 0 Å². The Kier molecular flexibility index (Phi) is 3.05. The monoisotopic (exact) mass is 165 g/mol. The molecule has 0 aromatic carbocycles. The van der Waals surface area contributed by atoms with Crippen LogP contribution in [0.5, 0.6) is 0 Å². The molecule has 3 heteroatoms. The first kappa shape index (κ1) is 9.00.